The van der Waals surface area contributed by atoms with Crippen LogP contribution in [0, 0.1) is 0 Å². The Labute approximate surface area is 204 Å². The predicted molar refractivity (Wildman–Crippen MR) is 136 cm³/mol. The van der Waals surface area contributed by atoms with E-state index in [0.29, 0.717) is 29.9 Å². The number of benzene rings is 2. The van der Waals surface area contributed by atoms with Gasteiger partial charge in [-0.3, -0.25) is 14.6 Å². The van der Waals surface area contributed by atoms with E-state index in [0.717, 1.165) is 5.56 Å². The normalized spacial score (nSPS) is 11.5. The molecule has 0 bridgehead atoms. The molecule has 9 heteroatoms. The van der Waals surface area contributed by atoms with Crippen molar-refractivity contribution >= 4 is 29.1 Å². The summed E-state index contributed by atoms with van der Waals surface area (Å²) in [6.45, 7) is 0.597. The van der Waals surface area contributed by atoms with E-state index in [2.05, 4.69) is 20.9 Å². The smallest absolute Gasteiger partial charge is 0.315 e. The molecule has 0 aliphatic carbocycles. The number of carbonyl (C=O) groups excluding carboxylic acids is 3. The monoisotopic (exact) mass is 474 g/mol. The average molecular weight is 475 g/mol. The molecule has 0 saturated heterocycles. The molecule has 3 aromatic rings. The van der Waals surface area contributed by atoms with E-state index in [9.17, 15) is 14.4 Å². The third-order valence-corrected chi connectivity index (χ3v) is 5.31. The minimum Gasteiger partial charge on any atom is -0.397 e. The molecule has 1 atom stereocenters. The molecule has 1 unspecified atom stereocenters. The number of pyridine rings is 1. The number of para-hydroxylation sites is 2. The van der Waals surface area contributed by atoms with Crippen LogP contribution in [0.1, 0.15) is 38.9 Å². The van der Waals surface area contributed by atoms with Crippen molar-refractivity contribution in [1.29, 1.82) is 0 Å². The highest BCUT2D eigenvalue weighted by Crippen LogP contribution is 2.19. The molecule has 0 radical (unpaired) electrons. The van der Waals surface area contributed by atoms with Gasteiger partial charge in [-0.05, 0) is 50.8 Å². The molecule has 1 heterocycles. The fourth-order valence-electron chi connectivity index (χ4n) is 3.35. The Hall–Kier alpha value is -4.24. The number of nitrogens with two attached hydrogens (primary N) is 1. The summed E-state index contributed by atoms with van der Waals surface area (Å²) in [5.41, 5.74) is 8.36. The Balaban J connectivity index is 1.63. The van der Waals surface area contributed by atoms with Gasteiger partial charge in [0.2, 0.25) is 0 Å². The molecular formula is C26H30N6O3. The number of Topliss-reactive ketones (excluding diaryl/α,β-unsaturated/α-hetero) is 1. The first-order chi connectivity index (χ1) is 16.8. The Morgan fingerprint density at radius 3 is 2.34 bits per heavy atom. The van der Waals surface area contributed by atoms with Crippen LogP contribution in [0.5, 0.6) is 0 Å². The van der Waals surface area contributed by atoms with Gasteiger partial charge in [0.1, 0.15) is 5.69 Å². The highest BCUT2D eigenvalue weighted by Gasteiger charge is 2.18. The van der Waals surface area contributed by atoms with E-state index in [1.165, 1.54) is 0 Å². The number of hydrogen-bond acceptors (Lipinski definition) is 6. The number of urea groups is 1. The third-order valence-electron chi connectivity index (χ3n) is 5.31. The molecule has 35 heavy (non-hydrogen) atoms. The summed E-state index contributed by atoms with van der Waals surface area (Å²) in [5.74, 6) is -0.564. The lowest BCUT2D eigenvalue weighted by Crippen LogP contribution is -2.41. The number of nitrogens with one attached hydrogen (secondary N) is 3. The average Bonchev–Trinajstić information content (AvgIpc) is 2.87. The van der Waals surface area contributed by atoms with Crippen molar-refractivity contribution in [3.8, 4) is 0 Å². The summed E-state index contributed by atoms with van der Waals surface area (Å²) in [4.78, 5) is 43.6. The van der Waals surface area contributed by atoms with Crippen LogP contribution in [-0.2, 0) is 0 Å². The van der Waals surface area contributed by atoms with Crippen molar-refractivity contribution in [2.75, 3.05) is 38.2 Å². The molecule has 3 amide bonds. The molecule has 0 aliphatic heterocycles. The minimum absolute atomic E-state index is 0.115. The number of rotatable bonds is 10. The maximum absolute atomic E-state index is 12.6. The molecular weight excluding hydrogens is 444 g/mol. The van der Waals surface area contributed by atoms with Crippen molar-refractivity contribution in [1.82, 2.24) is 20.5 Å². The lowest BCUT2D eigenvalue weighted by Gasteiger charge is -2.21. The second-order valence-electron chi connectivity index (χ2n) is 8.28. The maximum atomic E-state index is 12.6. The number of anilines is 2. The zero-order chi connectivity index (χ0) is 25.2. The quantitative estimate of drug-likeness (QED) is 0.264. The Bertz CT molecular complexity index is 1150. The largest absolute Gasteiger partial charge is 0.397 e. The third kappa shape index (κ3) is 7.65. The van der Waals surface area contributed by atoms with Gasteiger partial charge < -0.3 is 26.6 Å². The Morgan fingerprint density at radius 1 is 0.971 bits per heavy atom. The van der Waals surface area contributed by atoms with Gasteiger partial charge in [-0.25, -0.2) is 4.79 Å². The number of amides is 3. The van der Waals surface area contributed by atoms with E-state index in [-0.39, 0.29) is 30.0 Å². The summed E-state index contributed by atoms with van der Waals surface area (Å²) in [7, 11) is 3.88. The van der Waals surface area contributed by atoms with Crippen LogP contribution in [0.25, 0.3) is 0 Å². The van der Waals surface area contributed by atoms with Crippen molar-refractivity contribution < 1.29 is 14.4 Å². The first kappa shape index (κ1) is 25.4. The lowest BCUT2D eigenvalue weighted by molar-refractivity contribution is 0.0990. The number of nitrogen functional groups attached to an aromatic ring is 1. The summed E-state index contributed by atoms with van der Waals surface area (Å²) >= 11 is 0. The van der Waals surface area contributed by atoms with Crippen molar-refractivity contribution in [3.63, 3.8) is 0 Å². The topological polar surface area (TPSA) is 129 Å². The summed E-state index contributed by atoms with van der Waals surface area (Å²) in [5, 5.41) is 8.27. The molecule has 5 N–H and O–H groups in total. The standard InChI is InChI=1S/C26H30N6O3/c1-32(2)15-14-21(31-26(35)29-17-24(33)18-8-4-3-5-9-18)19-12-13-23(28-16-19)25(34)30-22-11-7-6-10-20(22)27/h3-13,16,21H,14-15,17,27H2,1-2H3,(H,30,34)(H2,29,31,35). The van der Waals surface area contributed by atoms with Crippen molar-refractivity contribution in [2.24, 2.45) is 0 Å². The summed E-state index contributed by atoms with van der Waals surface area (Å²) in [6, 6.07) is 18.3. The Morgan fingerprint density at radius 2 is 1.69 bits per heavy atom. The minimum atomic E-state index is -0.459. The second kappa shape index (κ2) is 12.3. The van der Waals surface area contributed by atoms with Crippen molar-refractivity contribution in [2.45, 2.75) is 12.5 Å². The maximum Gasteiger partial charge on any atom is 0.315 e. The van der Waals surface area contributed by atoms with Crippen LogP contribution in [0.4, 0.5) is 16.2 Å². The predicted octanol–water partition coefficient (Wildman–Crippen LogP) is 3.09. The van der Waals surface area contributed by atoms with Crippen LogP contribution >= 0.6 is 0 Å². The first-order valence-electron chi connectivity index (χ1n) is 11.2. The summed E-state index contributed by atoms with van der Waals surface area (Å²) in [6.07, 6.45) is 2.18. The summed E-state index contributed by atoms with van der Waals surface area (Å²) < 4.78 is 0. The Kier molecular flexibility index (Phi) is 8.91. The van der Waals surface area contributed by atoms with E-state index < -0.39 is 6.03 Å². The van der Waals surface area contributed by atoms with E-state index in [1.54, 1.807) is 66.9 Å². The molecule has 0 aliphatic rings. The van der Waals surface area contributed by atoms with Gasteiger partial charge in [-0.1, -0.05) is 48.5 Å². The van der Waals surface area contributed by atoms with Crippen LogP contribution < -0.4 is 21.7 Å². The molecule has 182 valence electrons. The highest BCUT2D eigenvalue weighted by atomic mass is 16.2. The van der Waals surface area contributed by atoms with Crippen LogP contribution in [0.15, 0.2) is 72.9 Å². The fraction of sp³-hybridized carbons (Fsp3) is 0.231. The molecule has 0 saturated carbocycles. The molecule has 3 rings (SSSR count). The zero-order valence-corrected chi connectivity index (χ0v) is 19.8. The van der Waals surface area contributed by atoms with Crippen LogP contribution in [0.3, 0.4) is 0 Å². The van der Waals surface area contributed by atoms with Gasteiger partial charge >= 0.3 is 6.03 Å². The van der Waals surface area contributed by atoms with E-state index in [1.807, 2.05) is 25.1 Å². The molecule has 0 fully saturated rings. The second-order valence-corrected chi connectivity index (χ2v) is 8.28. The molecule has 0 spiro atoms. The van der Waals surface area contributed by atoms with Gasteiger partial charge in [0, 0.05) is 11.8 Å². The highest BCUT2D eigenvalue weighted by molar-refractivity contribution is 6.04. The lowest BCUT2D eigenvalue weighted by atomic mass is 10.1. The number of hydrogen-bond donors (Lipinski definition) is 4. The van der Waals surface area contributed by atoms with Crippen LogP contribution in [0.2, 0.25) is 0 Å². The number of carbonyl (C=O) groups is 3. The van der Waals surface area contributed by atoms with Gasteiger partial charge in [0.25, 0.3) is 5.91 Å². The first-order valence-corrected chi connectivity index (χ1v) is 11.2. The SMILES string of the molecule is CN(C)CCC(NC(=O)NCC(=O)c1ccccc1)c1ccc(C(=O)Nc2ccccc2N)nc1. The number of nitrogens with zero attached hydrogens (tertiary/aromatic N) is 2. The van der Waals surface area contributed by atoms with E-state index in [4.69, 9.17) is 5.73 Å². The zero-order valence-electron chi connectivity index (χ0n) is 19.8. The molecule has 2 aromatic carbocycles. The number of ketones is 1. The molecule has 1 aromatic heterocycles. The van der Waals surface area contributed by atoms with Gasteiger partial charge in [0.15, 0.2) is 5.78 Å². The molecule has 9 nitrogen and oxygen atoms in total. The number of aromatic nitrogens is 1. The van der Waals surface area contributed by atoms with E-state index >= 15 is 0 Å². The van der Waals surface area contributed by atoms with Gasteiger partial charge in [-0.15, -0.1) is 0 Å². The van der Waals surface area contributed by atoms with Crippen molar-refractivity contribution in [3.05, 3.63) is 89.7 Å². The van der Waals surface area contributed by atoms with Crippen LogP contribution in [-0.4, -0.2) is 54.8 Å². The fourth-order valence-corrected chi connectivity index (χ4v) is 3.35. The van der Waals surface area contributed by atoms with Gasteiger partial charge in [-0.2, -0.15) is 0 Å². The van der Waals surface area contributed by atoms with Gasteiger partial charge in [0.05, 0.1) is 24.0 Å².